The van der Waals surface area contributed by atoms with Crippen molar-refractivity contribution in [3.63, 3.8) is 0 Å². The number of nitrogens with zero attached hydrogens (tertiary/aromatic N) is 5. The summed E-state index contributed by atoms with van der Waals surface area (Å²) in [5.41, 5.74) is -0.634. The molecule has 18 heavy (non-hydrogen) atoms. The van der Waals surface area contributed by atoms with Gasteiger partial charge in [0.15, 0.2) is 0 Å². The Hall–Kier alpha value is -2.19. The minimum absolute atomic E-state index is 0.0298. The lowest BCUT2D eigenvalue weighted by molar-refractivity contribution is -0.138. The summed E-state index contributed by atoms with van der Waals surface area (Å²) in [6.45, 7) is 4.80. The van der Waals surface area contributed by atoms with Gasteiger partial charge in [0.05, 0.1) is 7.05 Å². The number of aryl methyl sites for hydroxylation is 1. The first kappa shape index (κ1) is 13.9. The largest absolute Gasteiger partial charge is 0.480 e. The zero-order chi connectivity index (χ0) is 13.9. The predicted molar refractivity (Wildman–Crippen MR) is 61.9 cm³/mol. The van der Waals surface area contributed by atoms with Gasteiger partial charge < -0.3 is 10.0 Å². The monoisotopic (exact) mass is 256 g/mol. The molecule has 100 valence electrons. The van der Waals surface area contributed by atoms with E-state index in [1.54, 1.807) is 27.8 Å². The number of tetrazole rings is 1. The van der Waals surface area contributed by atoms with Crippen LogP contribution in [0, 0.1) is 0 Å². The maximum absolute atomic E-state index is 11.9. The number of carbonyl (C=O) groups is 2. The first-order valence-electron chi connectivity index (χ1n) is 5.24. The Morgan fingerprint density at radius 2 is 2.06 bits per heavy atom. The van der Waals surface area contributed by atoms with Crippen LogP contribution < -0.4 is 5.32 Å². The summed E-state index contributed by atoms with van der Waals surface area (Å²) in [4.78, 5) is 25.0. The van der Waals surface area contributed by atoms with Crippen LogP contribution in [0.5, 0.6) is 0 Å². The van der Waals surface area contributed by atoms with Gasteiger partial charge in [0.25, 0.3) is 5.95 Å². The molecule has 0 saturated carbocycles. The van der Waals surface area contributed by atoms with Crippen molar-refractivity contribution in [1.82, 2.24) is 25.1 Å². The molecule has 0 spiro atoms. The summed E-state index contributed by atoms with van der Waals surface area (Å²) in [7, 11) is 1.56. The highest BCUT2D eigenvalue weighted by atomic mass is 16.4. The molecule has 9 heteroatoms. The third-order valence-electron chi connectivity index (χ3n) is 2.08. The molecular formula is C9H16N6O3. The van der Waals surface area contributed by atoms with Crippen LogP contribution in [-0.2, 0) is 11.8 Å². The minimum Gasteiger partial charge on any atom is -0.480 e. The number of nitrogens with one attached hydrogen (secondary N) is 1. The fourth-order valence-electron chi connectivity index (χ4n) is 1.25. The highest BCUT2D eigenvalue weighted by Gasteiger charge is 2.29. The first-order valence-corrected chi connectivity index (χ1v) is 5.24. The maximum atomic E-state index is 11.9. The van der Waals surface area contributed by atoms with Crippen LogP contribution in [0.3, 0.4) is 0 Å². The van der Waals surface area contributed by atoms with Crippen LogP contribution in [0.15, 0.2) is 0 Å². The lowest BCUT2D eigenvalue weighted by Gasteiger charge is -2.33. The summed E-state index contributed by atoms with van der Waals surface area (Å²) < 4.78 is 0. The Morgan fingerprint density at radius 3 is 2.44 bits per heavy atom. The molecule has 0 aliphatic carbocycles. The van der Waals surface area contributed by atoms with Crippen LogP contribution in [0.25, 0.3) is 0 Å². The normalized spacial score (nSPS) is 11.1. The number of carbonyl (C=O) groups excluding carboxylic acids is 1. The van der Waals surface area contributed by atoms with Crippen molar-refractivity contribution in [3.8, 4) is 0 Å². The fourth-order valence-corrected chi connectivity index (χ4v) is 1.25. The summed E-state index contributed by atoms with van der Waals surface area (Å²) >= 11 is 0. The molecule has 0 aromatic carbocycles. The molecule has 2 N–H and O–H groups in total. The third kappa shape index (κ3) is 3.68. The number of carboxylic acids is 1. The number of amides is 2. The van der Waals surface area contributed by atoms with Crippen LogP contribution in [0.1, 0.15) is 20.8 Å². The second-order valence-electron chi connectivity index (χ2n) is 4.68. The Labute approximate surface area is 104 Å². The maximum Gasteiger partial charge on any atom is 0.325 e. The lowest BCUT2D eigenvalue weighted by atomic mass is 10.1. The van der Waals surface area contributed by atoms with E-state index in [0.717, 1.165) is 0 Å². The minimum atomic E-state index is -1.09. The van der Waals surface area contributed by atoms with Crippen molar-refractivity contribution in [2.75, 3.05) is 11.9 Å². The fraction of sp³-hybridized carbons (Fsp3) is 0.667. The van der Waals surface area contributed by atoms with Gasteiger partial charge in [-0.3, -0.25) is 10.1 Å². The van der Waals surface area contributed by atoms with E-state index in [4.69, 9.17) is 5.11 Å². The van der Waals surface area contributed by atoms with Gasteiger partial charge in [0.2, 0.25) is 0 Å². The number of aliphatic carboxylic acids is 1. The molecule has 0 aliphatic rings. The van der Waals surface area contributed by atoms with Crippen LogP contribution in [0.4, 0.5) is 10.7 Å². The Balaban J connectivity index is 2.80. The molecule has 1 aromatic heterocycles. The SMILES string of the molecule is Cn1nnc(NC(=O)N(CC(=O)O)C(C)(C)C)n1. The molecule has 0 aliphatic heterocycles. The molecule has 1 aromatic rings. The summed E-state index contributed by atoms with van der Waals surface area (Å²) in [6, 6.07) is -0.585. The van der Waals surface area contributed by atoms with E-state index >= 15 is 0 Å². The van der Waals surface area contributed by atoms with Gasteiger partial charge in [-0.05, 0) is 26.0 Å². The number of hydrogen-bond donors (Lipinski definition) is 2. The summed E-state index contributed by atoms with van der Waals surface area (Å²) in [5.74, 6) is -1.06. The van der Waals surface area contributed by atoms with Gasteiger partial charge in [-0.2, -0.15) is 4.80 Å². The summed E-state index contributed by atoms with van der Waals surface area (Å²) in [6.07, 6.45) is 0. The summed E-state index contributed by atoms with van der Waals surface area (Å²) in [5, 5.41) is 22.1. The topological polar surface area (TPSA) is 113 Å². The zero-order valence-corrected chi connectivity index (χ0v) is 10.7. The highest BCUT2D eigenvalue weighted by Crippen LogP contribution is 2.14. The van der Waals surface area contributed by atoms with Gasteiger partial charge in [0.1, 0.15) is 6.54 Å². The van der Waals surface area contributed by atoms with Crippen molar-refractivity contribution >= 4 is 17.9 Å². The van der Waals surface area contributed by atoms with E-state index in [0.29, 0.717) is 0 Å². The van der Waals surface area contributed by atoms with Gasteiger partial charge in [-0.1, -0.05) is 5.10 Å². The van der Waals surface area contributed by atoms with Gasteiger partial charge in [-0.15, -0.1) is 5.10 Å². The molecule has 0 bridgehead atoms. The molecule has 0 unspecified atom stereocenters. The van der Waals surface area contributed by atoms with E-state index in [2.05, 4.69) is 20.7 Å². The number of rotatable bonds is 3. The molecule has 2 amide bonds. The van der Waals surface area contributed by atoms with E-state index in [1.807, 2.05) is 0 Å². The van der Waals surface area contributed by atoms with E-state index in [9.17, 15) is 9.59 Å². The number of aromatic nitrogens is 4. The Kier molecular flexibility index (Phi) is 3.84. The van der Waals surface area contributed by atoms with Crippen molar-refractivity contribution in [3.05, 3.63) is 0 Å². The number of hydrogen-bond acceptors (Lipinski definition) is 5. The third-order valence-corrected chi connectivity index (χ3v) is 2.08. The second-order valence-corrected chi connectivity index (χ2v) is 4.68. The van der Waals surface area contributed by atoms with Crippen molar-refractivity contribution in [1.29, 1.82) is 0 Å². The molecule has 1 rings (SSSR count). The van der Waals surface area contributed by atoms with E-state index in [1.165, 1.54) is 9.70 Å². The Morgan fingerprint density at radius 1 is 1.44 bits per heavy atom. The zero-order valence-electron chi connectivity index (χ0n) is 10.7. The highest BCUT2D eigenvalue weighted by molar-refractivity contribution is 5.90. The standard InChI is InChI=1S/C9H16N6O3/c1-9(2,3)15(5-6(16)17)8(18)10-7-11-13-14(4)12-7/h5H2,1-4H3,(H,16,17)(H,10,12,18). The van der Waals surface area contributed by atoms with Crippen LogP contribution in [-0.4, -0.2) is 54.3 Å². The first-order chi connectivity index (χ1) is 8.20. The van der Waals surface area contributed by atoms with Gasteiger partial charge in [-0.25, -0.2) is 4.79 Å². The van der Waals surface area contributed by atoms with Gasteiger partial charge in [0, 0.05) is 5.54 Å². The van der Waals surface area contributed by atoms with Crippen molar-refractivity contribution < 1.29 is 14.7 Å². The van der Waals surface area contributed by atoms with Crippen LogP contribution >= 0.6 is 0 Å². The molecule has 0 fully saturated rings. The molecule has 1 heterocycles. The molecule has 0 atom stereocenters. The van der Waals surface area contributed by atoms with E-state index in [-0.39, 0.29) is 5.95 Å². The second kappa shape index (κ2) is 4.98. The lowest BCUT2D eigenvalue weighted by Crippen LogP contribution is -2.50. The average Bonchev–Trinajstić information content (AvgIpc) is 2.58. The smallest absolute Gasteiger partial charge is 0.325 e. The molecular weight excluding hydrogens is 240 g/mol. The number of anilines is 1. The molecule has 9 nitrogen and oxygen atoms in total. The number of urea groups is 1. The molecule has 0 saturated heterocycles. The number of carboxylic acid groups (broad SMARTS) is 1. The van der Waals surface area contributed by atoms with E-state index < -0.39 is 24.1 Å². The predicted octanol–water partition coefficient (Wildman–Crippen LogP) is -0.0729. The molecule has 0 radical (unpaired) electrons. The quantitative estimate of drug-likeness (QED) is 0.782. The van der Waals surface area contributed by atoms with Crippen molar-refractivity contribution in [2.24, 2.45) is 7.05 Å². The van der Waals surface area contributed by atoms with Crippen LogP contribution in [0.2, 0.25) is 0 Å². The van der Waals surface area contributed by atoms with Crippen molar-refractivity contribution in [2.45, 2.75) is 26.3 Å². The Bertz CT molecular complexity index is 449. The van der Waals surface area contributed by atoms with Gasteiger partial charge >= 0.3 is 12.0 Å². The average molecular weight is 256 g/mol.